The van der Waals surface area contributed by atoms with Gasteiger partial charge in [0.15, 0.2) is 0 Å². The molecule has 0 radical (unpaired) electrons. The second-order valence-corrected chi connectivity index (χ2v) is 9.74. The summed E-state index contributed by atoms with van der Waals surface area (Å²) in [4.78, 5) is 36.8. The van der Waals surface area contributed by atoms with Crippen LogP contribution in [-0.2, 0) is 9.59 Å². The van der Waals surface area contributed by atoms with Crippen LogP contribution in [0, 0.1) is 0 Å². The average Bonchev–Trinajstić information content (AvgIpc) is 3.23. The molecule has 2 saturated heterocycles. The highest BCUT2D eigenvalue weighted by molar-refractivity contribution is 8.00. The van der Waals surface area contributed by atoms with Crippen LogP contribution in [0.3, 0.4) is 0 Å². The van der Waals surface area contributed by atoms with Gasteiger partial charge in [-0.05, 0) is 32.1 Å². The fourth-order valence-corrected chi connectivity index (χ4v) is 5.95. The van der Waals surface area contributed by atoms with Gasteiger partial charge in [0.05, 0.1) is 12.1 Å². The zero-order chi connectivity index (χ0) is 21.8. The molecule has 0 bridgehead atoms. The Morgan fingerprint density at radius 3 is 2.63 bits per heavy atom. The molecule has 0 aromatic rings. The number of carbonyl (C=O) groups excluding carboxylic acids is 2. The molecule has 0 aliphatic carbocycles. The number of aliphatic carboxylic acids is 1. The number of carboxylic acid groups (broad SMARTS) is 1. The Labute approximate surface area is 185 Å². The first kappa shape index (κ1) is 24.8. The largest absolute Gasteiger partial charge is 0.481 e. The summed E-state index contributed by atoms with van der Waals surface area (Å²) in [6, 6.07) is 0.696. The van der Waals surface area contributed by atoms with Crippen LogP contribution in [-0.4, -0.2) is 64.1 Å². The molecule has 8 heteroatoms. The van der Waals surface area contributed by atoms with E-state index < -0.39 is 5.97 Å². The molecular formula is C22H39N3O4S. The molecule has 0 spiro atoms. The number of nitrogens with zero attached hydrogens (tertiary/aromatic N) is 1. The maximum atomic E-state index is 12.3. The second-order valence-electron chi connectivity index (χ2n) is 8.47. The van der Waals surface area contributed by atoms with Crippen LogP contribution in [0.5, 0.6) is 0 Å². The highest BCUT2D eigenvalue weighted by Gasteiger charge is 2.47. The van der Waals surface area contributed by atoms with Gasteiger partial charge in [0.1, 0.15) is 0 Å². The number of thioether (sulfide) groups is 1. The Bertz CT molecular complexity index is 561. The quantitative estimate of drug-likeness (QED) is 0.250. The molecule has 2 heterocycles. The summed E-state index contributed by atoms with van der Waals surface area (Å²) < 4.78 is 0. The third kappa shape index (κ3) is 8.36. The molecule has 0 aromatic heterocycles. The first-order valence-corrected chi connectivity index (χ1v) is 12.7. The standard InChI is InChI=1S/C22H39N3O4S/c1-2-3-4-10-15-25-21-17(24-22(25)29)16-30-18(21)11-7-8-12-19(26)23-14-9-5-6-13-20(27)28/h17-18,21H,2-16H2,1H3,(H,23,26)(H,24,29)(H,27,28). The molecule has 3 atom stereocenters. The van der Waals surface area contributed by atoms with Crippen molar-refractivity contribution in [3.8, 4) is 0 Å². The van der Waals surface area contributed by atoms with Crippen LogP contribution in [0.4, 0.5) is 4.79 Å². The van der Waals surface area contributed by atoms with Crippen LogP contribution in [0.1, 0.15) is 84.0 Å². The van der Waals surface area contributed by atoms with Crippen molar-refractivity contribution in [1.29, 1.82) is 0 Å². The molecule has 3 unspecified atom stereocenters. The SMILES string of the molecule is CCCCCCN1C(=O)NC2CSC(CCCCC(=O)NCCCCCC(=O)O)C21. The van der Waals surface area contributed by atoms with Gasteiger partial charge in [-0.25, -0.2) is 4.79 Å². The second kappa shape index (κ2) is 13.8. The van der Waals surface area contributed by atoms with Gasteiger partial charge in [0, 0.05) is 36.9 Å². The molecule has 2 fully saturated rings. The summed E-state index contributed by atoms with van der Waals surface area (Å²) in [5.41, 5.74) is 0. The van der Waals surface area contributed by atoms with E-state index in [1.54, 1.807) is 0 Å². The van der Waals surface area contributed by atoms with Gasteiger partial charge in [-0.2, -0.15) is 11.8 Å². The summed E-state index contributed by atoms with van der Waals surface area (Å²) in [5, 5.41) is 15.2. The van der Waals surface area contributed by atoms with E-state index in [0.717, 1.165) is 50.8 Å². The Balaban J connectivity index is 1.58. The van der Waals surface area contributed by atoms with E-state index in [1.165, 1.54) is 19.3 Å². The molecular weight excluding hydrogens is 402 g/mol. The van der Waals surface area contributed by atoms with Gasteiger partial charge in [-0.15, -0.1) is 0 Å². The molecule has 2 rings (SSSR count). The smallest absolute Gasteiger partial charge is 0.318 e. The number of nitrogens with one attached hydrogen (secondary N) is 2. The number of fused-ring (bicyclic) bond motifs is 1. The normalized spacial score (nSPS) is 22.8. The molecule has 2 aliphatic heterocycles. The first-order chi connectivity index (χ1) is 14.5. The van der Waals surface area contributed by atoms with E-state index in [9.17, 15) is 14.4 Å². The van der Waals surface area contributed by atoms with Gasteiger partial charge in [-0.3, -0.25) is 9.59 Å². The summed E-state index contributed by atoms with van der Waals surface area (Å²) in [5.74, 6) is 0.318. The van der Waals surface area contributed by atoms with Crippen molar-refractivity contribution in [2.24, 2.45) is 0 Å². The highest BCUT2D eigenvalue weighted by atomic mass is 32.2. The molecule has 2 aliphatic rings. The third-order valence-electron chi connectivity index (χ3n) is 6.00. The Kier molecular flexibility index (Phi) is 11.4. The zero-order valence-electron chi connectivity index (χ0n) is 18.4. The number of rotatable bonds is 16. The third-order valence-corrected chi connectivity index (χ3v) is 7.49. The van der Waals surface area contributed by atoms with E-state index >= 15 is 0 Å². The van der Waals surface area contributed by atoms with Gasteiger partial charge in [0.25, 0.3) is 0 Å². The fraction of sp³-hybridized carbons (Fsp3) is 0.864. The van der Waals surface area contributed by atoms with Gasteiger partial charge < -0.3 is 20.6 Å². The number of hydrogen-bond acceptors (Lipinski definition) is 4. The lowest BCUT2D eigenvalue weighted by Crippen LogP contribution is -2.41. The van der Waals surface area contributed by atoms with Crippen molar-refractivity contribution in [1.82, 2.24) is 15.5 Å². The molecule has 0 saturated carbocycles. The lowest BCUT2D eigenvalue weighted by Gasteiger charge is -2.27. The van der Waals surface area contributed by atoms with Crippen molar-refractivity contribution in [3.63, 3.8) is 0 Å². The Hall–Kier alpha value is -1.44. The summed E-state index contributed by atoms with van der Waals surface area (Å²) >= 11 is 1.97. The summed E-state index contributed by atoms with van der Waals surface area (Å²) in [6.45, 7) is 3.69. The minimum Gasteiger partial charge on any atom is -0.481 e. The van der Waals surface area contributed by atoms with Gasteiger partial charge >= 0.3 is 12.0 Å². The maximum Gasteiger partial charge on any atom is 0.318 e. The zero-order valence-corrected chi connectivity index (χ0v) is 19.2. The Morgan fingerprint density at radius 1 is 1.10 bits per heavy atom. The van der Waals surface area contributed by atoms with Crippen molar-refractivity contribution >= 4 is 29.7 Å². The van der Waals surface area contributed by atoms with E-state index in [4.69, 9.17) is 5.11 Å². The number of hydrogen-bond donors (Lipinski definition) is 3. The fourth-order valence-electron chi connectivity index (χ4n) is 4.34. The maximum absolute atomic E-state index is 12.3. The highest BCUT2D eigenvalue weighted by Crippen LogP contribution is 2.37. The summed E-state index contributed by atoms with van der Waals surface area (Å²) in [6.07, 6.45) is 10.7. The van der Waals surface area contributed by atoms with Gasteiger partial charge in [-0.1, -0.05) is 39.0 Å². The molecule has 7 nitrogen and oxygen atoms in total. The first-order valence-electron chi connectivity index (χ1n) is 11.7. The molecule has 30 heavy (non-hydrogen) atoms. The topological polar surface area (TPSA) is 98.7 Å². The lowest BCUT2D eigenvalue weighted by atomic mass is 10.0. The predicted molar refractivity (Wildman–Crippen MR) is 121 cm³/mol. The monoisotopic (exact) mass is 441 g/mol. The van der Waals surface area contributed by atoms with Crippen LogP contribution >= 0.6 is 11.8 Å². The average molecular weight is 442 g/mol. The number of carboxylic acids is 1. The number of amides is 3. The van der Waals surface area contributed by atoms with Gasteiger partial charge in [0.2, 0.25) is 5.91 Å². The Morgan fingerprint density at radius 2 is 1.87 bits per heavy atom. The van der Waals surface area contributed by atoms with E-state index in [2.05, 4.69) is 22.5 Å². The van der Waals surface area contributed by atoms with E-state index in [1.807, 2.05) is 11.8 Å². The predicted octanol–water partition coefficient (Wildman–Crippen LogP) is 3.77. The van der Waals surface area contributed by atoms with Crippen LogP contribution in [0.2, 0.25) is 0 Å². The molecule has 3 N–H and O–H groups in total. The van der Waals surface area contributed by atoms with Crippen molar-refractivity contribution in [2.75, 3.05) is 18.8 Å². The lowest BCUT2D eigenvalue weighted by molar-refractivity contribution is -0.137. The van der Waals surface area contributed by atoms with Crippen LogP contribution in [0.15, 0.2) is 0 Å². The minimum atomic E-state index is -0.761. The van der Waals surface area contributed by atoms with Crippen molar-refractivity contribution in [3.05, 3.63) is 0 Å². The van der Waals surface area contributed by atoms with Crippen molar-refractivity contribution in [2.45, 2.75) is 101 Å². The van der Waals surface area contributed by atoms with Crippen LogP contribution in [0.25, 0.3) is 0 Å². The number of urea groups is 1. The summed E-state index contributed by atoms with van der Waals surface area (Å²) in [7, 11) is 0. The molecule has 0 aromatic carbocycles. The molecule has 3 amide bonds. The van der Waals surface area contributed by atoms with Crippen molar-refractivity contribution < 1.29 is 19.5 Å². The van der Waals surface area contributed by atoms with E-state index in [0.29, 0.717) is 30.7 Å². The number of unbranched alkanes of at least 4 members (excludes halogenated alkanes) is 6. The molecule has 172 valence electrons. The number of carbonyl (C=O) groups is 3. The van der Waals surface area contributed by atoms with Crippen LogP contribution < -0.4 is 10.6 Å². The van der Waals surface area contributed by atoms with E-state index in [-0.39, 0.29) is 24.4 Å². The minimum absolute atomic E-state index is 0.0837.